The van der Waals surface area contributed by atoms with Crippen molar-refractivity contribution in [2.75, 3.05) is 0 Å². The number of aromatic nitrogens is 1. The van der Waals surface area contributed by atoms with E-state index < -0.39 is 0 Å². The van der Waals surface area contributed by atoms with Gasteiger partial charge in [-0.15, -0.1) is 0 Å². The van der Waals surface area contributed by atoms with Gasteiger partial charge in [0.25, 0.3) is 0 Å². The van der Waals surface area contributed by atoms with Crippen LogP contribution in [0.15, 0.2) is 36.5 Å². The molecular weight excluding hydrogens is 248 g/mol. The van der Waals surface area contributed by atoms with Gasteiger partial charge in [0, 0.05) is 29.1 Å². The summed E-state index contributed by atoms with van der Waals surface area (Å²) < 4.78 is 0. The number of benzene rings is 1. The van der Waals surface area contributed by atoms with Gasteiger partial charge in [0.1, 0.15) is 0 Å². The van der Waals surface area contributed by atoms with Crippen LogP contribution >= 0.6 is 0 Å². The Hall–Kier alpha value is -1.74. The SMILES string of the molecule is NC1C2CCC(C2)C1C(=O)c1cccc2ncccc12. The summed E-state index contributed by atoms with van der Waals surface area (Å²) in [6.45, 7) is 0. The second-order valence-corrected chi connectivity index (χ2v) is 6.18. The first-order chi connectivity index (χ1) is 9.75. The van der Waals surface area contributed by atoms with Crippen LogP contribution in [0.4, 0.5) is 0 Å². The predicted molar refractivity (Wildman–Crippen MR) is 78.4 cm³/mol. The number of carbonyl (C=O) groups excluding carboxylic acids is 1. The number of Topliss-reactive ketones (excluding diaryl/α,β-unsaturated/α-hetero) is 1. The molecule has 0 saturated heterocycles. The minimum atomic E-state index is 0.0135. The van der Waals surface area contributed by atoms with Crippen LogP contribution in [-0.4, -0.2) is 16.8 Å². The molecule has 4 atom stereocenters. The molecule has 3 nitrogen and oxygen atoms in total. The smallest absolute Gasteiger partial charge is 0.168 e. The standard InChI is InChI=1S/C17H18N2O/c18-16-11-7-6-10(9-11)15(16)17(20)13-3-1-5-14-12(13)4-2-8-19-14/h1-5,8,10-11,15-16H,6-7,9,18H2. The first-order valence-electron chi connectivity index (χ1n) is 7.39. The van der Waals surface area contributed by atoms with Crippen LogP contribution in [0.5, 0.6) is 0 Å². The molecule has 2 saturated carbocycles. The van der Waals surface area contributed by atoms with Crippen molar-refractivity contribution in [3.8, 4) is 0 Å². The fraction of sp³-hybridized carbons (Fsp3) is 0.412. The van der Waals surface area contributed by atoms with Gasteiger partial charge in [-0.3, -0.25) is 9.78 Å². The maximum atomic E-state index is 13.0. The van der Waals surface area contributed by atoms with E-state index in [1.807, 2.05) is 30.3 Å². The third-order valence-corrected chi connectivity index (χ3v) is 5.19. The van der Waals surface area contributed by atoms with Gasteiger partial charge in [-0.2, -0.15) is 0 Å². The van der Waals surface area contributed by atoms with Gasteiger partial charge >= 0.3 is 0 Å². The van der Waals surface area contributed by atoms with E-state index in [0.29, 0.717) is 11.8 Å². The number of pyridine rings is 1. The molecular formula is C17H18N2O. The van der Waals surface area contributed by atoms with E-state index >= 15 is 0 Å². The Bertz CT molecular complexity index is 674. The number of ketones is 1. The molecule has 2 fully saturated rings. The fourth-order valence-electron chi connectivity index (χ4n) is 4.22. The van der Waals surface area contributed by atoms with E-state index in [9.17, 15) is 4.79 Å². The lowest BCUT2D eigenvalue weighted by Gasteiger charge is -2.27. The molecule has 4 unspecified atom stereocenters. The lowest BCUT2D eigenvalue weighted by molar-refractivity contribution is 0.0858. The summed E-state index contributed by atoms with van der Waals surface area (Å²) >= 11 is 0. The van der Waals surface area contributed by atoms with Gasteiger partial charge in [-0.1, -0.05) is 18.2 Å². The Labute approximate surface area is 118 Å². The molecule has 20 heavy (non-hydrogen) atoms. The summed E-state index contributed by atoms with van der Waals surface area (Å²) in [5.41, 5.74) is 7.99. The second-order valence-electron chi connectivity index (χ2n) is 6.18. The average Bonchev–Trinajstić information content (AvgIpc) is 3.07. The van der Waals surface area contributed by atoms with E-state index in [1.54, 1.807) is 6.20 Å². The molecule has 2 aromatic rings. The zero-order chi connectivity index (χ0) is 13.7. The highest BCUT2D eigenvalue weighted by Crippen LogP contribution is 2.48. The zero-order valence-corrected chi connectivity index (χ0v) is 11.3. The molecule has 1 aromatic heterocycles. The molecule has 0 radical (unpaired) electrons. The highest BCUT2D eigenvalue weighted by molar-refractivity contribution is 6.08. The van der Waals surface area contributed by atoms with Gasteiger partial charge in [0.15, 0.2) is 5.78 Å². The minimum Gasteiger partial charge on any atom is -0.327 e. The Kier molecular flexibility index (Phi) is 2.64. The van der Waals surface area contributed by atoms with E-state index in [2.05, 4.69) is 4.98 Å². The van der Waals surface area contributed by atoms with Crippen LogP contribution in [0.25, 0.3) is 10.9 Å². The third-order valence-electron chi connectivity index (χ3n) is 5.19. The molecule has 1 heterocycles. The highest BCUT2D eigenvalue weighted by Gasteiger charge is 2.49. The maximum absolute atomic E-state index is 13.0. The van der Waals surface area contributed by atoms with Crippen LogP contribution < -0.4 is 5.73 Å². The van der Waals surface area contributed by atoms with Crippen molar-refractivity contribution in [3.63, 3.8) is 0 Å². The molecule has 2 N–H and O–H groups in total. The molecule has 102 valence electrons. The molecule has 0 spiro atoms. The fourth-order valence-corrected chi connectivity index (χ4v) is 4.22. The number of fused-ring (bicyclic) bond motifs is 3. The first-order valence-corrected chi connectivity index (χ1v) is 7.39. The van der Waals surface area contributed by atoms with Crippen LogP contribution in [0.1, 0.15) is 29.6 Å². The maximum Gasteiger partial charge on any atom is 0.168 e. The van der Waals surface area contributed by atoms with E-state index in [4.69, 9.17) is 5.73 Å². The Morgan fingerprint density at radius 1 is 1.15 bits per heavy atom. The van der Waals surface area contributed by atoms with Crippen molar-refractivity contribution >= 4 is 16.7 Å². The summed E-state index contributed by atoms with van der Waals surface area (Å²) in [5.74, 6) is 1.29. The molecule has 2 aliphatic rings. The normalized spacial score (nSPS) is 31.9. The van der Waals surface area contributed by atoms with Crippen LogP contribution in [0, 0.1) is 17.8 Å². The van der Waals surface area contributed by atoms with Crippen LogP contribution in [-0.2, 0) is 0 Å². The van der Waals surface area contributed by atoms with Crippen molar-refractivity contribution in [2.24, 2.45) is 23.5 Å². The van der Waals surface area contributed by atoms with Crippen molar-refractivity contribution in [1.82, 2.24) is 4.98 Å². The third kappa shape index (κ3) is 1.63. The van der Waals surface area contributed by atoms with E-state index in [0.717, 1.165) is 29.3 Å². The lowest BCUT2D eigenvalue weighted by atomic mass is 9.79. The molecule has 2 aliphatic carbocycles. The molecule has 0 amide bonds. The lowest BCUT2D eigenvalue weighted by Crippen LogP contribution is -2.40. The number of hydrogen-bond acceptors (Lipinski definition) is 3. The number of hydrogen-bond donors (Lipinski definition) is 1. The summed E-state index contributed by atoms with van der Waals surface area (Å²) in [6.07, 6.45) is 5.27. The summed E-state index contributed by atoms with van der Waals surface area (Å²) in [7, 11) is 0. The monoisotopic (exact) mass is 266 g/mol. The van der Waals surface area contributed by atoms with Gasteiger partial charge in [0.2, 0.25) is 0 Å². The van der Waals surface area contributed by atoms with Gasteiger partial charge in [-0.25, -0.2) is 0 Å². The Balaban J connectivity index is 1.78. The molecule has 1 aromatic carbocycles. The summed E-state index contributed by atoms with van der Waals surface area (Å²) in [5, 5.41) is 0.954. The molecule has 2 bridgehead atoms. The van der Waals surface area contributed by atoms with Gasteiger partial charge in [-0.05, 0) is 43.2 Å². The van der Waals surface area contributed by atoms with Gasteiger partial charge < -0.3 is 5.73 Å². The summed E-state index contributed by atoms with van der Waals surface area (Å²) in [4.78, 5) is 17.3. The van der Waals surface area contributed by atoms with Crippen LogP contribution in [0.3, 0.4) is 0 Å². The van der Waals surface area contributed by atoms with E-state index in [1.165, 1.54) is 6.42 Å². The Morgan fingerprint density at radius 2 is 2.00 bits per heavy atom. The second kappa shape index (κ2) is 4.38. The number of carbonyl (C=O) groups is 1. The largest absolute Gasteiger partial charge is 0.327 e. The predicted octanol–water partition coefficient (Wildman–Crippen LogP) is 2.79. The van der Waals surface area contributed by atoms with Crippen molar-refractivity contribution in [1.29, 1.82) is 0 Å². The van der Waals surface area contributed by atoms with Crippen molar-refractivity contribution in [2.45, 2.75) is 25.3 Å². The molecule has 3 heteroatoms. The van der Waals surface area contributed by atoms with Gasteiger partial charge in [0.05, 0.1) is 5.52 Å². The Morgan fingerprint density at radius 3 is 2.80 bits per heavy atom. The quantitative estimate of drug-likeness (QED) is 0.850. The van der Waals surface area contributed by atoms with Crippen LogP contribution in [0.2, 0.25) is 0 Å². The topological polar surface area (TPSA) is 56.0 Å². The molecule has 0 aliphatic heterocycles. The van der Waals surface area contributed by atoms with Crippen molar-refractivity contribution < 1.29 is 4.79 Å². The molecule has 4 rings (SSSR count). The minimum absolute atomic E-state index is 0.0135. The highest BCUT2D eigenvalue weighted by atomic mass is 16.1. The average molecular weight is 266 g/mol. The zero-order valence-electron chi connectivity index (χ0n) is 11.3. The van der Waals surface area contributed by atoms with Crippen molar-refractivity contribution in [3.05, 3.63) is 42.1 Å². The van der Waals surface area contributed by atoms with E-state index in [-0.39, 0.29) is 17.7 Å². The number of nitrogens with zero attached hydrogens (tertiary/aromatic N) is 1. The first kappa shape index (κ1) is 12.0. The summed E-state index contributed by atoms with van der Waals surface area (Å²) in [6, 6.07) is 9.71. The number of nitrogens with two attached hydrogens (primary N) is 1. The number of rotatable bonds is 2.